The van der Waals surface area contributed by atoms with Crippen LogP contribution in [0.3, 0.4) is 0 Å². The van der Waals surface area contributed by atoms with Gasteiger partial charge < -0.3 is 0 Å². The Hall–Kier alpha value is -2.08. The second-order valence-electron chi connectivity index (χ2n) is 4.03. The van der Waals surface area contributed by atoms with Crippen molar-refractivity contribution in [1.29, 1.82) is 5.26 Å². The minimum atomic E-state index is 0.479. The molecule has 80 valence electrons. The van der Waals surface area contributed by atoms with Crippen LogP contribution < -0.4 is 0 Å². The zero-order valence-electron chi connectivity index (χ0n) is 9.38. The number of nitriles is 1. The molecule has 0 amide bonds. The molecule has 1 aromatic heterocycles. The minimum Gasteiger partial charge on any atom is -0.241 e. The maximum atomic E-state index is 8.70. The molecule has 0 atom stereocenters. The van der Waals surface area contributed by atoms with Crippen LogP contribution in [0.4, 0.5) is 0 Å². The van der Waals surface area contributed by atoms with Crippen molar-refractivity contribution in [3.8, 4) is 11.8 Å². The Morgan fingerprint density at radius 2 is 1.94 bits per heavy atom. The molecule has 2 aromatic rings. The lowest BCUT2D eigenvalue weighted by molar-refractivity contribution is 0.858. The fraction of sp³-hybridized carbons (Fsp3) is 0.231. The lowest BCUT2D eigenvalue weighted by Crippen LogP contribution is -1.93. The van der Waals surface area contributed by atoms with Gasteiger partial charge in [-0.2, -0.15) is 10.4 Å². The molecular weight excluding hydrogens is 198 g/mol. The Balaban J connectivity index is 2.32. The molecule has 0 unspecified atom stereocenters. The van der Waals surface area contributed by atoms with Crippen molar-refractivity contribution < 1.29 is 0 Å². The highest BCUT2D eigenvalue weighted by Crippen LogP contribution is 2.15. The largest absolute Gasteiger partial charge is 0.241 e. The fourth-order valence-electron chi connectivity index (χ4n) is 1.46. The van der Waals surface area contributed by atoms with Crippen molar-refractivity contribution in [2.75, 3.05) is 0 Å². The van der Waals surface area contributed by atoms with Crippen molar-refractivity contribution in [1.82, 2.24) is 9.78 Å². The van der Waals surface area contributed by atoms with E-state index in [1.54, 1.807) is 12.1 Å². The maximum Gasteiger partial charge on any atom is 0.0991 e. The summed E-state index contributed by atoms with van der Waals surface area (Å²) in [5.74, 6) is 0.479. The molecule has 0 saturated carbocycles. The van der Waals surface area contributed by atoms with Crippen LogP contribution in [0.1, 0.15) is 30.9 Å². The average Bonchev–Trinajstić information content (AvgIpc) is 2.78. The van der Waals surface area contributed by atoms with Gasteiger partial charge in [-0.1, -0.05) is 13.8 Å². The van der Waals surface area contributed by atoms with E-state index in [1.165, 1.54) is 5.56 Å². The van der Waals surface area contributed by atoms with Crippen LogP contribution in [0.25, 0.3) is 5.69 Å². The van der Waals surface area contributed by atoms with Gasteiger partial charge in [0.1, 0.15) is 0 Å². The Labute approximate surface area is 94.9 Å². The van der Waals surface area contributed by atoms with Gasteiger partial charge in [-0.15, -0.1) is 0 Å². The van der Waals surface area contributed by atoms with Crippen molar-refractivity contribution in [2.24, 2.45) is 0 Å². The van der Waals surface area contributed by atoms with Crippen LogP contribution in [-0.4, -0.2) is 9.78 Å². The van der Waals surface area contributed by atoms with E-state index >= 15 is 0 Å². The van der Waals surface area contributed by atoms with Crippen LogP contribution in [0.5, 0.6) is 0 Å². The summed E-state index contributed by atoms with van der Waals surface area (Å²) in [5, 5.41) is 13.0. The lowest BCUT2D eigenvalue weighted by Gasteiger charge is -2.01. The van der Waals surface area contributed by atoms with Gasteiger partial charge in [0.25, 0.3) is 0 Å². The zero-order valence-corrected chi connectivity index (χ0v) is 9.38. The van der Waals surface area contributed by atoms with Gasteiger partial charge in [-0.25, -0.2) is 4.68 Å². The smallest absolute Gasteiger partial charge is 0.0991 e. The molecule has 3 nitrogen and oxygen atoms in total. The minimum absolute atomic E-state index is 0.479. The fourth-order valence-corrected chi connectivity index (χ4v) is 1.46. The van der Waals surface area contributed by atoms with Crippen LogP contribution in [0.15, 0.2) is 36.7 Å². The number of benzene rings is 1. The highest BCUT2D eigenvalue weighted by Gasteiger charge is 2.03. The molecule has 0 saturated heterocycles. The molecule has 0 N–H and O–H groups in total. The number of aromatic nitrogens is 2. The summed E-state index contributed by atoms with van der Waals surface area (Å²) in [6.45, 7) is 4.28. The third kappa shape index (κ3) is 1.96. The molecule has 3 heteroatoms. The maximum absolute atomic E-state index is 8.70. The van der Waals surface area contributed by atoms with E-state index in [1.807, 2.05) is 29.2 Å². The van der Waals surface area contributed by atoms with Crippen molar-refractivity contribution >= 4 is 0 Å². The molecule has 16 heavy (non-hydrogen) atoms. The number of rotatable bonds is 2. The number of nitrogens with zero attached hydrogens (tertiary/aromatic N) is 3. The van der Waals surface area contributed by atoms with E-state index in [0.29, 0.717) is 11.5 Å². The standard InChI is InChI=1S/C13H13N3/c1-10(2)12-8-15-16(9-12)13-5-3-11(7-14)4-6-13/h3-6,8-10H,1-2H3. The van der Waals surface area contributed by atoms with E-state index in [4.69, 9.17) is 5.26 Å². The molecule has 1 heterocycles. The van der Waals surface area contributed by atoms with E-state index in [0.717, 1.165) is 5.69 Å². The van der Waals surface area contributed by atoms with Gasteiger partial charge in [0.15, 0.2) is 0 Å². The van der Waals surface area contributed by atoms with Gasteiger partial charge in [-0.3, -0.25) is 0 Å². The van der Waals surface area contributed by atoms with Gasteiger partial charge in [-0.05, 0) is 35.7 Å². The second-order valence-corrected chi connectivity index (χ2v) is 4.03. The first-order chi connectivity index (χ1) is 7.70. The van der Waals surface area contributed by atoms with Crippen LogP contribution in [0.2, 0.25) is 0 Å². The summed E-state index contributed by atoms with van der Waals surface area (Å²) >= 11 is 0. The second kappa shape index (κ2) is 4.19. The summed E-state index contributed by atoms with van der Waals surface area (Å²) in [6.07, 6.45) is 3.90. The summed E-state index contributed by atoms with van der Waals surface area (Å²) in [5.41, 5.74) is 2.86. The van der Waals surface area contributed by atoms with Crippen LogP contribution in [0, 0.1) is 11.3 Å². The first kappa shape index (κ1) is 10.4. The Morgan fingerprint density at radius 3 is 2.44 bits per heavy atom. The van der Waals surface area contributed by atoms with Crippen molar-refractivity contribution in [3.63, 3.8) is 0 Å². The van der Waals surface area contributed by atoms with E-state index in [9.17, 15) is 0 Å². The summed E-state index contributed by atoms with van der Waals surface area (Å²) in [7, 11) is 0. The van der Waals surface area contributed by atoms with E-state index in [2.05, 4.69) is 25.0 Å². The van der Waals surface area contributed by atoms with Crippen molar-refractivity contribution in [3.05, 3.63) is 47.8 Å². The topological polar surface area (TPSA) is 41.6 Å². The van der Waals surface area contributed by atoms with Gasteiger partial charge in [0.05, 0.1) is 23.5 Å². The molecule has 0 bridgehead atoms. The summed E-state index contributed by atoms with van der Waals surface area (Å²) in [4.78, 5) is 0. The molecule has 2 rings (SSSR count). The number of hydrogen-bond donors (Lipinski definition) is 0. The van der Waals surface area contributed by atoms with E-state index in [-0.39, 0.29) is 0 Å². The average molecular weight is 211 g/mol. The molecule has 0 spiro atoms. The van der Waals surface area contributed by atoms with Gasteiger partial charge >= 0.3 is 0 Å². The SMILES string of the molecule is CC(C)c1cnn(-c2ccc(C#N)cc2)c1. The summed E-state index contributed by atoms with van der Waals surface area (Å²) < 4.78 is 1.83. The number of hydrogen-bond acceptors (Lipinski definition) is 2. The zero-order chi connectivity index (χ0) is 11.5. The highest BCUT2D eigenvalue weighted by atomic mass is 15.3. The molecule has 0 aliphatic rings. The first-order valence-electron chi connectivity index (χ1n) is 5.26. The molecule has 0 aliphatic heterocycles. The molecule has 0 aliphatic carbocycles. The van der Waals surface area contributed by atoms with Crippen LogP contribution in [-0.2, 0) is 0 Å². The molecular formula is C13H13N3. The van der Waals surface area contributed by atoms with Crippen molar-refractivity contribution in [2.45, 2.75) is 19.8 Å². The quantitative estimate of drug-likeness (QED) is 0.766. The third-order valence-electron chi connectivity index (χ3n) is 2.53. The third-order valence-corrected chi connectivity index (χ3v) is 2.53. The molecule has 0 radical (unpaired) electrons. The first-order valence-corrected chi connectivity index (χ1v) is 5.26. The Morgan fingerprint density at radius 1 is 1.25 bits per heavy atom. The van der Waals surface area contributed by atoms with Crippen LogP contribution >= 0.6 is 0 Å². The predicted octanol–water partition coefficient (Wildman–Crippen LogP) is 2.87. The van der Waals surface area contributed by atoms with Gasteiger partial charge in [0.2, 0.25) is 0 Å². The monoisotopic (exact) mass is 211 g/mol. The lowest BCUT2D eigenvalue weighted by atomic mass is 10.1. The normalized spacial score (nSPS) is 10.4. The molecule has 1 aromatic carbocycles. The predicted molar refractivity (Wildman–Crippen MR) is 62.4 cm³/mol. The Bertz CT molecular complexity index is 515. The summed E-state index contributed by atoms with van der Waals surface area (Å²) in [6, 6.07) is 9.49. The highest BCUT2D eigenvalue weighted by molar-refractivity contribution is 5.39. The van der Waals surface area contributed by atoms with Gasteiger partial charge in [0, 0.05) is 6.20 Å². The Kier molecular flexibility index (Phi) is 2.74. The molecule has 0 fully saturated rings. The van der Waals surface area contributed by atoms with E-state index < -0.39 is 0 Å².